The summed E-state index contributed by atoms with van der Waals surface area (Å²) >= 11 is 0. The summed E-state index contributed by atoms with van der Waals surface area (Å²) in [5, 5.41) is 3.29. The highest BCUT2D eigenvalue weighted by Crippen LogP contribution is 2.00. The Balaban J connectivity index is 3.59. The van der Waals surface area contributed by atoms with Crippen LogP contribution in [0.2, 0.25) is 0 Å². The first-order chi connectivity index (χ1) is 4.57. The molecule has 1 N–H and O–H groups in total. The van der Waals surface area contributed by atoms with E-state index in [2.05, 4.69) is 32.0 Å². The van der Waals surface area contributed by atoms with Crippen LogP contribution in [0.3, 0.4) is 0 Å². The van der Waals surface area contributed by atoms with Crippen LogP contribution in [-0.2, 0) is 0 Å². The van der Waals surface area contributed by atoms with Crippen molar-refractivity contribution in [3.63, 3.8) is 0 Å². The second kappa shape index (κ2) is 4.35. The van der Waals surface area contributed by atoms with Crippen molar-refractivity contribution in [2.24, 2.45) is 5.92 Å². The molecule has 0 aromatic carbocycles. The molecule has 0 rings (SSSR count). The molecule has 1 nitrogen and oxygen atoms in total. The highest BCUT2D eigenvalue weighted by molar-refractivity contribution is 4.96. The summed E-state index contributed by atoms with van der Waals surface area (Å²) in [6.07, 6.45) is 5.21. The van der Waals surface area contributed by atoms with Crippen molar-refractivity contribution >= 4 is 0 Å². The lowest BCUT2D eigenvalue weighted by Gasteiger charge is -2.19. The van der Waals surface area contributed by atoms with Crippen LogP contribution in [0.1, 0.15) is 27.7 Å². The zero-order chi connectivity index (χ0) is 8.15. The molecule has 58 valence electrons. The van der Waals surface area contributed by atoms with Crippen molar-refractivity contribution < 1.29 is 0 Å². The summed E-state index contributed by atoms with van der Waals surface area (Å²) in [4.78, 5) is 0. The predicted molar refractivity (Wildman–Crippen MR) is 45.7 cm³/mol. The van der Waals surface area contributed by atoms with Crippen LogP contribution in [0.5, 0.6) is 0 Å². The van der Waals surface area contributed by atoms with Gasteiger partial charge in [0, 0.05) is 6.04 Å². The first-order valence-electron chi connectivity index (χ1n) is 3.80. The van der Waals surface area contributed by atoms with Gasteiger partial charge in [0.25, 0.3) is 0 Å². The fourth-order valence-electron chi connectivity index (χ4n) is 0.635. The Labute approximate surface area is 64.2 Å². The van der Waals surface area contributed by atoms with Gasteiger partial charge in [-0.15, -0.1) is 6.42 Å². The first-order valence-corrected chi connectivity index (χ1v) is 3.80. The summed E-state index contributed by atoms with van der Waals surface area (Å²) in [6.45, 7) is 8.51. The molecule has 0 saturated heterocycles. The van der Waals surface area contributed by atoms with Crippen molar-refractivity contribution in [2.75, 3.05) is 0 Å². The summed E-state index contributed by atoms with van der Waals surface area (Å²) in [5.74, 6) is 3.29. The number of terminal acetylenes is 1. The monoisotopic (exact) mass is 139 g/mol. The Hall–Kier alpha value is -0.480. The molecular formula is C9H17N. The molecule has 0 saturated carbocycles. The van der Waals surface area contributed by atoms with Crippen LogP contribution in [-0.4, -0.2) is 12.1 Å². The lowest BCUT2D eigenvalue weighted by Crippen LogP contribution is -2.36. The van der Waals surface area contributed by atoms with E-state index in [4.69, 9.17) is 6.42 Å². The van der Waals surface area contributed by atoms with Gasteiger partial charge < -0.3 is 5.32 Å². The quantitative estimate of drug-likeness (QED) is 0.586. The summed E-state index contributed by atoms with van der Waals surface area (Å²) in [7, 11) is 0. The molecule has 0 aromatic rings. The van der Waals surface area contributed by atoms with Crippen molar-refractivity contribution in [1.82, 2.24) is 5.32 Å². The van der Waals surface area contributed by atoms with Crippen LogP contribution in [0.25, 0.3) is 0 Å². The van der Waals surface area contributed by atoms with Crippen LogP contribution in [0, 0.1) is 18.3 Å². The largest absolute Gasteiger partial charge is 0.301 e. The minimum absolute atomic E-state index is 0.192. The standard InChI is InChI=1S/C9H17N/c1-6-8(4)10-9(5)7(2)3/h1,7-10H,2-5H3. The van der Waals surface area contributed by atoms with Crippen molar-refractivity contribution in [2.45, 2.75) is 39.8 Å². The molecule has 1 heteroatoms. The average molecular weight is 139 g/mol. The maximum atomic E-state index is 5.21. The molecule has 2 unspecified atom stereocenters. The van der Waals surface area contributed by atoms with E-state index in [-0.39, 0.29) is 6.04 Å². The number of hydrogen-bond donors (Lipinski definition) is 1. The van der Waals surface area contributed by atoms with Gasteiger partial charge in [-0.2, -0.15) is 0 Å². The second-order valence-corrected chi connectivity index (χ2v) is 3.09. The SMILES string of the molecule is C#CC(C)NC(C)C(C)C. The minimum Gasteiger partial charge on any atom is -0.301 e. The zero-order valence-electron chi connectivity index (χ0n) is 7.31. The maximum Gasteiger partial charge on any atom is 0.0660 e. The smallest absolute Gasteiger partial charge is 0.0660 e. The molecule has 10 heavy (non-hydrogen) atoms. The van der Waals surface area contributed by atoms with E-state index in [9.17, 15) is 0 Å². The van der Waals surface area contributed by atoms with E-state index in [0.29, 0.717) is 12.0 Å². The molecule has 0 bridgehead atoms. The third kappa shape index (κ3) is 3.53. The van der Waals surface area contributed by atoms with Gasteiger partial charge in [-0.3, -0.25) is 0 Å². The van der Waals surface area contributed by atoms with Crippen molar-refractivity contribution in [1.29, 1.82) is 0 Å². The molecule has 2 atom stereocenters. The zero-order valence-corrected chi connectivity index (χ0v) is 7.31. The number of rotatable bonds is 3. The van der Waals surface area contributed by atoms with Gasteiger partial charge in [-0.1, -0.05) is 19.8 Å². The van der Waals surface area contributed by atoms with E-state index >= 15 is 0 Å². The summed E-state index contributed by atoms with van der Waals surface area (Å²) in [6, 6.07) is 0.698. The van der Waals surface area contributed by atoms with E-state index in [1.807, 2.05) is 6.92 Å². The third-order valence-corrected chi connectivity index (χ3v) is 1.76. The molecular weight excluding hydrogens is 122 g/mol. The highest BCUT2D eigenvalue weighted by atomic mass is 14.9. The summed E-state index contributed by atoms with van der Waals surface area (Å²) < 4.78 is 0. The van der Waals surface area contributed by atoms with E-state index in [1.165, 1.54) is 0 Å². The topological polar surface area (TPSA) is 12.0 Å². The second-order valence-electron chi connectivity index (χ2n) is 3.09. The Morgan fingerprint density at radius 2 is 1.70 bits per heavy atom. The molecule has 0 spiro atoms. The molecule has 0 heterocycles. The Kier molecular flexibility index (Phi) is 4.14. The fraction of sp³-hybridized carbons (Fsp3) is 0.778. The van der Waals surface area contributed by atoms with Gasteiger partial charge in [0.2, 0.25) is 0 Å². The van der Waals surface area contributed by atoms with Crippen LogP contribution in [0.15, 0.2) is 0 Å². The molecule has 0 aliphatic heterocycles. The predicted octanol–water partition coefficient (Wildman–Crippen LogP) is 1.64. The highest BCUT2D eigenvalue weighted by Gasteiger charge is 2.07. The van der Waals surface area contributed by atoms with Gasteiger partial charge in [-0.05, 0) is 19.8 Å². The van der Waals surface area contributed by atoms with Crippen LogP contribution in [0.4, 0.5) is 0 Å². The van der Waals surface area contributed by atoms with Gasteiger partial charge in [-0.25, -0.2) is 0 Å². The number of hydrogen-bond acceptors (Lipinski definition) is 1. The maximum absolute atomic E-state index is 5.21. The summed E-state index contributed by atoms with van der Waals surface area (Å²) in [5.41, 5.74) is 0. The van der Waals surface area contributed by atoms with Crippen molar-refractivity contribution in [3.05, 3.63) is 0 Å². The normalized spacial score (nSPS) is 16.4. The van der Waals surface area contributed by atoms with Gasteiger partial charge >= 0.3 is 0 Å². The first kappa shape index (κ1) is 9.52. The van der Waals surface area contributed by atoms with Crippen LogP contribution < -0.4 is 5.32 Å². The molecule has 0 aliphatic carbocycles. The Morgan fingerprint density at radius 3 is 2.00 bits per heavy atom. The van der Waals surface area contributed by atoms with Gasteiger partial charge in [0.05, 0.1) is 6.04 Å². The average Bonchev–Trinajstić information content (AvgIpc) is 1.87. The molecule has 0 aromatic heterocycles. The lowest BCUT2D eigenvalue weighted by atomic mass is 10.1. The molecule has 0 fully saturated rings. The van der Waals surface area contributed by atoms with Crippen molar-refractivity contribution in [3.8, 4) is 12.3 Å². The lowest BCUT2D eigenvalue weighted by molar-refractivity contribution is 0.414. The van der Waals surface area contributed by atoms with Gasteiger partial charge in [0.1, 0.15) is 0 Å². The number of nitrogens with one attached hydrogen (secondary N) is 1. The molecule has 0 radical (unpaired) electrons. The third-order valence-electron chi connectivity index (χ3n) is 1.76. The Morgan fingerprint density at radius 1 is 1.20 bits per heavy atom. The fourth-order valence-corrected chi connectivity index (χ4v) is 0.635. The van der Waals surface area contributed by atoms with E-state index in [1.54, 1.807) is 0 Å². The minimum atomic E-state index is 0.192. The van der Waals surface area contributed by atoms with E-state index < -0.39 is 0 Å². The van der Waals surface area contributed by atoms with Crippen LogP contribution >= 0.6 is 0 Å². The molecule has 0 aliphatic rings. The van der Waals surface area contributed by atoms with E-state index in [0.717, 1.165) is 0 Å². The Bertz CT molecular complexity index is 121. The van der Waals surface area contributed by atoms with Gasteiger partial charge in [0.15, 0.2) is 0 Å². The molecule has 0 amide bonds.